The molecule has 19 heavy (non-hydrogen) atoms. The van der Waals surface area contributed by atoms with Crippen molar-refractivity contribution >= 4 is 26.8 Å². The van der Waals surface area contributed by atoms with Gasteiger partial charge in [0.25, 0.3) is 0 Å². The van der Waals surface area contributed by atoms with Gasteiger partial charge in [-0.2, -0.15) is 0 Å². The average Bonchev–Trinajstić information content (AvgIpc) is 3.04. The highest BCUT2D eigenvalue weighted by Crippen LogP contribution is 2.20. The monoisotopic (exact) mass is 318 g/mol. The maximum Gasteiger partial charge on any atom is 0.0947 e. The van der Waals surface area contributed by atoms with Crippen LogP contribution in [0.4, 0.5) is 0 Å². The first-order chi connectivity index (χ1) is 9.33. The largest absolute Gasteiger partial charge is 0.472 e. The maximum absolute atomic E-state index is 5.04. The lowest BCUT2D eigenvalue weighted by molar-refractivity contribution is 0.557. The predicted molar refractivity (Wildman–Crippen MR) is 80.1 cm³/mol. The van der Waals surface area contributed by atoms with Gasteiger partial charge in [0.1, 0.15) is 0 Å². The van der Waals surface area contributed by atoms with Crippen LogP contribution >= 0.6 is 15.9 Å². The Labute approximate surface area is 120 Å². The fourth-order valence-corrected chi connectivity index (χ4v) is 2.53. The van der Waals surface area contributed by atoms with Crippen LogP contribution < -0.4 is 5.32 Å². The van der Waals surface area contributed by atoms with E-state index < -0.39 is 0 Å². The van der Waals surface area contributed by atoms with E-state index >= 15 is 0 Å². The van der Waals surface area contributed by atoms with Crippen molar-refractivity contribution in [1.29, 1.82) is 0 Å². The van der Waals surface area contributed by atoms with Crippen LogP contribution in [0.1, 0.15) is 5.56 Å². The smallest absolute Gasteiger partial charge is 0.0947 e. The van der Waals surface area contributed by atoms with E-state index in [0.717, 1.165) is 24.1 Å². The van der Waals surface area contributed by atoms with Gasteiger partial charge in [0.05, 0.1) is 12.5 Å². The number of furan rings is 1. The van der Waals surface area contributed by atoms with Gasteiger partial charge in [0.2, 0.25) is 0 Å². The second-order valence-corrected chi connectivity index (χ2v) is 5.44. The summed E-state index contributed by atoms with van der Waals surface area (Å²) in [6, 6.07) is 10.5. The topological polar surface area (TPSA) is 30.1 Å². The number of rotatable bonds is 5. The van der Waals surface area contributed by atoms with Gasteiger partial charge in [-0.25, -0.2) is 0 Å². The Balaban J connectivity index is 1.60. The van der Waals surface area contributed by atoms with Gasteiger partial charge >= 0.3 is 0 Å². The summed E-state index contributed by atoms with van der Waals surface area (Å²) in [6.45, 7) is 2.73. The Hall–Kier alpha value is -1.52. The first kappa shape index (κ1) is 12.5. The molecule has 0 aliphatic rings. The first-order valence-corrected chi connectivity index (χ1v) is 7.08. The number of halogens is 1. The zero-order valence-corrected chi connectivity index (χ0v) is 12.1. The van der Waals surface area contributed by atoms with E-state index in [2.05, 4.69) is 56.3 Å². The number of hydrogen-bond donors (Lipinski definition) is 1. The quantitative estimate of drug-likeness (QED) is 0.725. The van der Waals surface area contributed by atoms with Gasteiger partial charge in [-0.3, -0.25) is 0 Å². The van der Waals surface area contributed by atoms with E-state index in [4.69, 9.17) is 4.42 Å². The fourth-order valence-electron chi connectivity index (χ4n) is 2.18. The molecule has 0 saturated carbocycles. The van der Waals surface area contributed by atoms with Crippen LogP contribution in [-0.4, -0.2) is 11.1 Å². The fraction of sp³-hybridized carbons (Fsp3) is 0.200. The molecule has 0 unspecified atom stereocenters. The first-order valence-electron chi connectivity index (χ1n) is 6.29. The molecule has 1 N–H and O–H groups in total. The lowest BCUT2D eigenvalue weighted by Gasteiger charge is -2.07. The van der Waals surface area contributed by atoms with Crippen LogP contribution in [0.5, 0.6) is 0 Å². The lowest BCUT2D eigenvalue weighted by Crippen LogP contribution is -2.18. The van der Waals surface area contributed by atoms with E-state index in [1.807, 2.05) is 6.07 Å². The molecule has 0 saturated heterocycles. The molecular weight excluding hydrogens is 304 g/mol. The molecule has 4 heteroatoms. The van der Waals surface area contributed by atoms with Crippen molar-refractivity contribution < 1.29 is 4.42 Å². The Morgan fingerprint density at radius 2 is 2.16 bits per heavy atom. The second kappa shape index (κ2) is 5.63. The molecule has 3 nitrogen and oxygen atoms in total. The summed E-state index contributed by atoms with van der Waals surface area (Å²) in [6.07, 6.45) is 5.61. The van der Waals surface area contributed by atoms with Gasteiger partial charge in [0.15, 0.2) is 0 Å². The van der Waals surface area contributed by atoms with E-state index in [-0.39, 0.29) is 0 Å². The maximum atomic E-state index is 5.04. The Bertz CT molecular complexity index is 658. The molecule has 2 heterocycles. The molecule has 0 atom stereocenters. The van der Waals surface area contributed by atoms with E-state index in [1.165, 1.54) is 16.5 Å². The minimum absolute atomic E-state index is 0.847. The molecule has 0 aliphatic carbocycles. The molecule has 3 rings (SSSR count). The molecule has 2 aromatic heterocycles. The third kappa shape index (κ3) is 2.91. The van der Waals surface area contributed by atoms with E-state index in [0.29, 0.717) is 0 Å². The predicted octanol–water partition coefficient (Wildman–Crippen LogP) is 3.79. The number of aromatic nitrogens is 1. The molecule has 1 aromatic carbocycles. The summed E-state index contributed by atoms with van der Waals surface area (Å²) >= 11 is 3.52. The van der Waals surface area contributed by atoms with Gasteiger partial charge in [-0.1, -0.05) is 22.0 Å². The highest BCUT2D eigenvalue weighted by atomic mass is 79.9. The average molecular weight is 319 g/mol. The molecule has 0 spiro atoms. The van der Waals surface area contributed by atoms with Gasteiger partial charge in [0, 0.05) is 41.4 Å². The minimum Gasteiger partial charge on any atom is -0.472 e. The summed E-state index contributed by atoms with van der Waals surface area (Å²) in [4.78, 5) is 0. The van der Waals surface area contributed by atoms with Crippen molar-refractivity contribution in [2.24, 2.45) is 0 Å². The van der Waals surface area contributed by atoms with Crippen molar-refractivity contribution in [3.63, 3.8) is 0 Å². The number of fused-ring (bicyclic) bond motifs is 1. The molecule has 0 bridgehead atoms. The van der Waals surface area contributed by atoms with Crippen molar-refractivity contribution in [2.45, 2.75) is 13.1 Å². The van der Waals surface area contributed by atoms with Crippen LogP contribution in [0.3, 0.4) is 0 Å². The van der Waals surface area contributed by atoms with E-state index in [9.17, 15) is 0 Å². The normalized spacial score (nSPS) is 11.2. The number of nitrogens with one attached hydrogen (secondary N) is 1. The summed E-state index contributed by atoms with van der Waals surface area (Å²) < 4.78 is 8.42. The second-order valence-electron chi connectivity index (χ2n) is 4.52. The number of nitrogens with zero attached hydrogens (tertiary/aromatic N) is 1. The SMILES string of the molecule is Brc1ccc2ccn(CCNCc3ccoc3)c2c1. The number of hydrogen-bond acceptors (Lipinski definition) is 2. The van der Waals surface area contributed by atoms with Crippen LogP contribution in [0, 0.1) is 0 Å². The summed E-state index contributed by atoms with van der Waals surface area (Å²) in [7, 11) is 0. The van der Waals surface area contributed by atoms with Crippen molar-refractivity contribution in [2.75, 3.05) is 6.54 Å². The molecule has 0 fully saturated rings. The molecule has 0 aliphatic heterocycles. The van der Waals surface area contributed by atoms with Crippen molar-refractivity contribution in [1.82, 2.24) is 9.88 Å². The van der Waals surface area contributed by atoms with Crippen LogP contribution in [0.25, 0.3) is 10.9 Å². The zero-order valence-electron chi connectivity index (χ0n) is 10.5. The third-order valence-electron chi connectivity index (χ3n) is 3.17. The van der Waals surface area contributed by atoms with Gasteiger partial charge in [-0.05, 0) is 29.7 Å². The minimum atomic E-state index is 0.847. The highest BCUT2D eigenvalue weighted by Gasteiger charge is 2.01. The van der Waals surface area contributed by atoms with Crippen LogP contribution in [0.15, 0.2) is 57.9 Å². The Kier molecular flexibility index (Phi) is 3.71. The zero-order chi connectivity index (χ0) is 13.1. The molecular formula is C15H15BrN2O. The molecule has 0 radical (unpaired) electrons. The molecule has 3 aromatic rings. The van der Waals surface area contributed by atoms with Gasteiger partial charge < -0.3 is 14.3 Å². The summed E-state index contributed by atoms with van der Waals surface area (Å²) in [5, 5.41) is 4.69. The van der Waals surface area contributed by atoms with Gasteiger partial charge in [-0.15, -0.1) is 0 Å². The van der Waals surface area contributed by atoms with Crippen LogP contribution in [-0.2, 0) is 13.1 Å². The standard InChI is InChI=1S/C15H15BrN2O/c16-14-2-1-13-3-6-18(15(13)9-14)7-5-17-10-12-4-8-19-11-12/h1-4,6,8-9,11,17H,5,7,10H2. The van der Waals surface area contributed by atoms with Crippen molar-refractivity contribution in [3.8, 4) is 0 Å². The third-order valence-corrected chi connectivity index (χ3v) is 3.67. The number of benzene rings is 1. The lowest BCUT2D eigenvalue weighted by atomic mass is 10.2. The summed E-state index contributed by atoms with van der Waals surface area (Å²) in [5.41, 5.74) is 2.44. The Morgan fingerprint density at radius 3 is 3.00 bits per heavy atom. The molecule has 98 valence electrons. The molecule has 0 amide bonds. The highest BCUT2D eigenvalue weighted by molar-refractivity contribution is 9.10. The van der Waals surface area contributed by atoms with Crippen LogP contribution in [0.2, 0.25) is 0 Å². The Morgan fingerprint density at radius 1 is 1.21 bits per heavy atom. The van der Waals surface area contributed by atoms with Crippen molar-refractivity contribution in [3.05, 3.63) is 59.1 Å². The van der Waals surface area contributed by atoms with E-state index in [1.54, 1.807) is 12.5 Å². The summed E-state index contributed by atoms with van der Waals surface area (Å²) in [5.74, 6) is 0.